The molecule has 1 aliphatic carbocycles. The second-order valence-corrected chi connectivity index (χ2v) is 3.61. The summed E-state index contributed by atoms with van der Waals surface area (Å²) >= 11 is 0. The molecule has 0 amide bonds. The van der Waals surface area contributed by atoms with Crippen LogP contribution >= 0.6 is 0 Å². The lowest BCUT2D eigenvalue weighted by Gasteiger charge is -2.20. The summed E-state index contributed by atoms with van der Waals surface area (Å²) < 4.78 is 5.00. The Kier molecular flexibility index (Phi) is 1.37. The zero-order valence-corrected chi connectivity index (χ0v) is 6.82. The van der Waals surface area contributed by atoms with Crippen LogP contribution in [0.1, 0.15) is 13.3 Å². The van der Waals surface area contributed by atoms with E-state index < -0.39 is 5.41 Å². The highest BCUT2D eigenvalue weighted by atomic mass is 16.5. The largest absolute Gasteiger partial charge is 0.458 e. The Balaban J connectivity index is 2.29. The third-order valence-corrected chi connectivity index (χ3v) is 2.75. The zero-order valence-electron chi connectivity index (χ0n) is 6.82. The highest BCUT2D eigenvalue weighted by molar-refractivity contribution is 5.76. The number of carbonyl (C=O) groups is 2. The third-order valence-electron chi connectivity index (χ3n) is 2.75. The van der Waals surface area contributed by atoms with E-state index in [1.807, 2.05) is 19.1 Å². The van der Waals surface area contributed by atoms with Crippen molar-refractivity contribution >= 4 is 12.3 Å². The lowest BCUT2D eigenvalue weighted by atomic mass is 9.80. The number of fused-ring (bicyclic) bond motifs is 1. The molecule has 12 heavy (non-hydrogen) atoms. The first-order valence-corrected chi connectivity index (χ1v) is 4.01. The van der Waals surface area contributed by atoms with Crippen molar-refractivity contribution in [2.24, 2.45) is 11.3 Å². The van der Waals surface area contributed by atoms with E-state index >= 15 is 0 Å². The number of carbonyl (C=O) groups excluding carboxylic acids is 2. The van der Waals surface area contributed by atoms with E-state index in [1.54, 1.807) is 0 Å². The number of hydrogen-bond donors (Lipinski definition) is 0. The van der Waals surface area contributed by atoms with Crippen LogP contribution in [0.25, 0.3) is 0 Å². The van der Waals surface area contributed by atoms with Gasteiger partial charge in [0.1, 0.15) is 12.4 Å². The minimum absolute atomic E-state index is 0.0301. The van der Waals surface area contributed by atoms with Gasteiger partial charge >= 0.3 is 5.97 Å². The highest BCUT2D eigenvalue weighted by Crippen LogP contribution is 2.43. The summed E-state index contributed by atoms with van der Waals surface area (Å²) in [6, 6.07) is 0. The predicted octanol–water partition coefficient (Wildman–Crippen LogP) is 0.693. The van der Waals surface area contributed by atoms with Gasteiger partial charge in [-0.15, -0.1) is 0 Å². The van der Waals surface area contributed by atoms with E-state index in [0.717, 1.165) is 6.29 Å². The second kappa shape index (κ2) is 2.19. The average molecular weight is 166 g/mol. The maximum atomic E-state index is 10.9. The van der Waals surface area contributed by atoms with Gasteiger partial charge < -0.3 is 9.53 Å². The van der Waals surface area contributed by atoms with Gasteiger partial charge in [0.05, 0.1) is 6.42 Å². The molecule has 1 heterocycles. The molecule has 3 nitrogen and oxygen atoms in total. The molecule has 1 fully saturated rings. The van der Waals surface area contributed by atoms with Crippen LogP contribution in [0.2, 0.25) is 0 Å². The van der Waals surface area contributed by atoms with Crippen molar-refractivity contribution in [3.05, 3.63) is 12.2 Å². The lowest BCUT2D eigenvalue weighted by Crippen LogP contribution is -2.26. The average Bonchev–Trinajstić information content (AvgIpc) is 2.53. The van der Waals surface area contributed by atoms with Crippen molar-refractivity contribution in [1.29, 1.82) is 0 Å². The van der Waals surface area contributed by atoms with Crippen molar-refractivity contribution in [2.75, 3.05) is 0 Å². The summed E-state index contributed by atoms with van der Waals surface area (Å²) in [6.45, 7) is 1.84. The van der Waals surface area contributed by atoms with Gasteiger partial charge in [0.15, 0.2) is 0 Å². The molecule has 0 spiro atoms. The SMILES string of the molecule is CC1(C=O)C=CC2OC(=O)CC21. The Labute approximate surface area is 70.4 Å². The fraction of sp³-hybridized carbons (Fsp3) is 0.556. The topological polar surface area (TPSA) is 43.4 Å². The van der Waals surface area contributed by atoms with E-state index in [9.17, 15) is 9.59 Å². The van der Waals surface area contributed by atoms with Crippen LogP contribution in [-0.4, -0.2) is 18.4 Å². The van der Waals surface area contributed by atoms with Crippen LogP contribution in [-0.2, 0) is 14.3 Å². The molecule has 1 saturated heterocycles. The van der Waals surface area contributed by atoms with E-state index in [-0.39, 0.29) is 18.0 Å². The molecule has 0 aromatic heterocycles. The summed E-state index contributed by atoms with van der Waals surface area (Å²) in [4.78, 5) is 21.6. The molecular formula is C9H10O3. The first-order valence-electron chi connectivity index (χ1n) is 4.01. The summed E-state index contributed by atoms with van der Waals surface area (Å²) in [5.41, 5.74) is -0.489. The van der Waals surface area contributed by atoms with Crippen molar-refractivity contribution < 1.29 is 14.3 Å². The van der Waals surface area contributed by atoms with E-state index in [2.05, 4.69) is 0 Å². The predicted molar refractivity (Wildman–Crippen MR) is 41.3 cm³/mol. The van der Waals surface area contributed by atoms with Gasteiger partial charge in [-0.05, 0) is 13.0 Å². The molecule has 3 unspecified atom stereocenters. The van der Waals surface area contributed by atoms with Gasteiger partial charge in [-0.2, -0.15) is 0 Å². The molecule has 2 rings (SSSR count). The molecule has 3 atom stereocenters. The highest BCUT2D eigenvalue weighted by Gasteiger charge is 2.48. The van der Waals surface area contributed by atoms with Crippen LogP contribution in [0.4, 0.5) is 0 Å². The van der Waals surface area contributed by atoms with Gasteiger partial charge in [0, 0.05) is 11.3 Å². The molecule has 0 bridgehead atoms. The van der Waals surface area contributed by atoms with Gasteiger partial charge in [0.25, 0.3) is 0 Å². The van der Waals surface area contributed by atoms with Crippen LogP contribution in [0.15, 0.2) is 12.2 Å². The smallest absolute Gasteiger partial charge is 0.306 e. The summed E-state index contributed by atoms with van der Waals surface area (Å²) in [6.07, 6.45) is 4.75. The number of aldehydes is 1. The molecule has 64 valence electrons. The van der Waals surface area contributed by atoms with Crippen LogP contribution in [0.3, 0.4) is 0 Å². The number of esters is 1. The molecule has 3 heteroatoms. The quantitative estimate of drug-likeness (QED) is 0.327. The molecule has 0 N–H and O–H groups in total. The summed E-state index contributed by atoms with van der Waals surface area (Å²) in [7, 11) is 0. The Morgan fingerprint density at radius 3 is 3.17 bits per heavy atom. The maximum Gasteiger partial charge on any atom is 0.306 e. The molecule has 0 aromatic carbocycles. The standard InChI is InChI=1S/C9H10O3/c1-9(5-10)3-2-7-6(9)4-8(11)12-7/h2-3,5-7H,4H2,1H3. The van der Waals surface area contributed by atoms with Crippen molar-refractivity contribution in [2.45, 2.75) is 19.4 Å². The van der Waals surface area contributed by atoms with Crippen molar-refractivity contribution in [3.8, 4) is 0 Å². The lowest BCUT2D eigenvalue weighted by molar-refractivity contribution is -0.140. The van der Waals surface area contributed by atoms with Gasteiger partial charge in [0.2, 0.25) is 0 Å². The molecule has 0 saturated carbocycles. The molecule has 1 aliphatic heterocycles. The van der Waals surface area contributed by atoms with Crippen LogP contribution in [0, 0.1) is 11.3 Å². The zero-order chi connectivity index (χ0) is 8.77. The maximum absolute atomic E-state index is 10.9. The first kappa shape index (κ1) is 7.53. The summed E-state index contributed by atoms with van der Waals surface area (Å²) in [5.74, 6) is -0.162. The fourth-order valence-corrected chi connectivity index (χ4v) is 1.88. The van der Waals surface area contributed by atoms with Crippen LogP contribution in [0.5, 0.6) is 0 Å². The minimum atomic E-state index is -0.489. The number of rotatable bonds is 1. The number of allylic oxidation sites excluding steroid dienone is 1. The third kappa shape index (κ3) is 0.823. The monoisotopic (exact) mass is 166 g/mol. The second-order valence-electron chi connectivity index (χ2n) is 3.61. The van der Waals surface area contributed by atoms with E-state index in [4.69, 9.17) is 4.74 Å². The Bertz CT molecular complexity index is 269. The normalized spacial score (nSPS) is 44.2. The Morgan fingerprint density at radius 1 is 1.75 bits per heavy atom. The number of hydrogen-bond acceptors (Lipinski definition) is 3. The first-order chi connectivity index (χ1) is 5.65. The van der Waals surface area contributed by atoms with E-state index in [1.165, 1.54) is 0 Å². The van der Waals surface area contributed by atoms with Crippen LogP contribution < -0.4 is 0 Å². The van der Waals surface area contributed by atoms with Gasteiger partial charge in [-0.1, -0.05) is 6.08 Å². The molecule has 0 radical (unpaired) electrons. The van der Waals surface area contributed by atoms with E-state index in [0.29, 0.717) is 6.42 Å². The minimum Gasteiger partial charge on any atom is -0.458 e. The van der Waals surface area contributed by atoms with Crippen molar-refractivity contribution in [3.63, 3.8) is 0 Å². The van der Waals surface area contributed by atoms with Gasteiger partial charge in [-0.3, -0.25) is 4.79 Å². The number of ether oxygens (including phenoxy) is 1. The Hall–Kier alpha value is -1.12. The molecule has 0 aromatic rings. The Morgan fingerprint density at radius 2 is 2.50 bits per heavy atom. The molecular weight excluding hydrogens is 156 g/mol. The van der Waals surface area contributed by atoms with Gasteiger partial charge in [-0.25, -0.2) is 0 Å². The molecule has 2 aliphatic rings. The van der Waals surface area contributed by atoms with Crippen molar-refractivity contribution in [1.82, 2.24) is 0 Å². The fourth-order valence-electron chi connectivity index (χ4n) is 1.88. The summed E-state index contributed by atoms with van der Waals surface area (Å²) in [5, 5.41) is 0.